The van der Waals surface area contributed by atoms with E-state index in [0.717, 1.165) is 18.1 Å². The van der Waals surface area contributed by atoms with Crippen molar-refractivity contribution < 1.29 is 9.53 Å². The SMILES string of the molecule is COc1c(NCC2CCCN2C)sc(C(N)=O)c1N. The second kappa shape index (κ2) is 5.66. The van der Waals surface area contributed by atoms with Crippen LogP contribution in [0, 0.1) is 0 Å². The van der Waals surface area contributed by atoms with E-state index >= 15 is 0 Å². The molecule has 0 bridgehead atoms. The van der Waals surface area contributed by atoms with Gasteiger partial charge in [-0.2, -0.15) is 0 Å². The van der Waals surface area contributed by atoms with Gasteiger partial charge in [0.2, 0.25) is 0 Å². The third kappa shape index (κ3) is 2.76. The van der Waals surface area contributed by atoms with Gasteiger partial charge < -0.3 is 26.4 Å². The number of hydrogen-bond acceptors (Lipinski definition) is 6. The van der Waals surface area contributed by atoms with Crippen molar-refractivity contribution in [3.05, 3.63) is 4.88 Å². The fraction of sp³-hybridized carbons (Fsp3) is 0.583. The molecule has 1 aliphatic rings. The molecule has 1 amide bonds. The minimum absolute atomic E-state index is 0.322. The van der Waals surface area contributed by atoms with Gasteiger partial charge >= 0.3 is 0 Å². The molecule has 19 heavy (non-hydrogen) atoms. The van der Waals surface area contributed by atoms with Crippen molar-refractivity contribution in [3.63, 3.8) is 0 Å². The van der Waals surface area contributed by atoms with E-state index in [0.29, 0.717) is 22.4 Å². The normalized spacial score (nSPS) is 19.6. The first-order valence-electron chi connectivity index (χ1n) is 6.24. The van der Waals surface area contributed by atoms with Gasteiger partial charge in [0.15, 0.2) is 5.75 Å². The molecule has 0 saturated carbocycles. The van der Waals surface area contributed by atoms with Crippen molar-refractivity contribution in [2.45, 2.75) is 18.9 Å². The summed E-state index contributed by atoms with van der Waals surface area (Å²) in [5.41, 5.74) is 11.5. The van der Waals surface area contributed by atoms with Gasteiger partial charge in [0, 0.05) is 12.6 Å². The molecule has 2 rings (SSSR count). The van der Waals surface area contributed by atoms with Gasteiger partial charge in [-0.25, -0.2) is 0 Å². The number of nitrogens with zero attached hydrogens (tertiary/aromatic N) is 1. The van der Waals surface area contributed by atoms with Gasteiger partial charge in [-0.1, -0.05) is 0 Å². The van der Waals surface area contributed by atoms with Gasteiger partial charge in [-0.3, -0.25) is 4.79 Å². The van der Waals surface area contributed by atoms with Crippen molar-refractivity contribution in [2.24, 2.45) is 5.73 Å². The average molecular weight is 284 g/mol. The summed E-state index contributed by atoms with van der Waals surface area (Å²) in [6, 6.07) is 0.505. The lowest BCUT2D eigenvalue weighted by Crippen LogP contribution is -2.31. The summed E-state index contributed by atoms with van der Waals surface area (Å²) in [6.07, 6.45) is 2.40. The highest BCUT2D eigenvalue weighted by Crippen LogP contribution is 2.42. The summed E-state index contributed by atoms with van der Waals surface area (Å²) in [5.74, 6) is -0.00807. The van der Waals surface area contributed by atoms with Gasteiger partial charge in [-0.05, 0) is 26.4 Å². The lowest BCUT2D eigenvalue weighted by molar-refractivity contribution is 0.100. The molecule has 0 aliphatic carbocycles. The molecule has 1 aromatic heterocycles. The highest BCUT2D eigenvalue weighted by atomic mass is 32.1. The van der Waals surface area contributed by atoms with Crippen LogP contribution in [0.15, 0.2) is 0 Å². The summed E-state index contributed by atoms with van der Waals surface area (Å²) in [7, 11) is 3.66. The zero-order valence-electron chi connectivity index (χ0n) is 11.2. The number of amides is 1. The fourth-order valence-corrected chi connectivity index (χ4v) is 3.33. The molecule has 1 fully saturated rings. The minimum atomic E-state index is -0.521. The molecular weight excluding hydrogens is 264 g/mol. The van der Waals surface area contributed by atoms with Crippen molar-refractivity contribution in [1.29, 1.82) is 0 Å². The third-order valence-electron chi connectivity index (χ3n) is 3.50. The Morgan fingerprint density at radius 3 is 2.89 bits per heavy atom. The number of methoxy groups -OCH3 is 1. The van der Waals surface area contributed by atoms with Gasteiger partial charge in [0.05, 0.1) is 7.11 Å². The number of primary amides is 1. The third-order valence-corrected chi connectivity index (χ3v) is 4.66. The van der Waals surface area contributed by atoms with E-state index in [2.05, 4.69) is 17.3 Å². The Hall–Kier alpha value is -1.47. The number of carbonyl (C=O) groups excluding carboxylic acids is 1. The van der Waals surface area contributed by atoms with Crippen LogP contribution in [0.1, 0.15) is 22.5 Å². The molecule has 106 valence electrons. The topological polar surface area (TPSA) is 93.6 Å². The number of likely N-dealkylation sites (N-methyl/N-ethyl adjacent to an activating group) is 1. The highest BCUT2D eigenvalue weighted by Gasteiger charge is 2.23. The first kappa shape index (κ1) is 14.0. The zero-order valence-corrected chi connectivity index (χ0v) is 12.0. The Balaban J connectivity index is 2.11. The quantitative estimate of drug-likeness (QED) is 0.748. The van der Waals surface area contributed by atoms with Crippen LogP contribution in [0.25, 0.3) is 0 Å². The molecule has 0 spiro atoms. The summed E-state index contributed by atoms with van der Waals surface area (Å²) >= 11 is 1.25. The number of thiophene rings is 1. The Morgan fingerprint density at radius 1 is 1.63 bits per heavy atom. The van der Waals surface area contributed by atoms with E-state index in [1.807, 2.05) is 0 Å². The largest absolute Gasteiger partial charge is 0.492 e. The Bertz CT molecular complexity index is 475. The smallest absolute Gasteiger partial charge is 0.261 e. The molecule has 6 nitrogen and oxygen atoms in total. The first-order chi connectivity index (χ1) is 9.04. The van der Waals surface area contributed by atoms with Crippen LogP contribution in [0.2, 0.25) is 0 Å². The standard InChI is InChI=1S/C12H20N4O2S/c1-16-5-3-4-7(16)6-15-12-9(18-2)8(13)10(19-12)11(14)17/h7,15H,3-6,13H2,1-2H3,(H2,14,17). The molecule has 2 heterocycles. The minimum Gasteiger partial charge on any atom is -0.492 e. The van der Waals surface area contributed by atoms with E-state index in [1.165, 1.54) is 31.3 Å². The van der Waals surface area contributed by atoms with E-state index in [4.69, 9.17) is 16.2 Å². The van der Waals surface area contributed by atoms with E-state index in [1.54, 1.807) is 0 Å². The molecular formula is C12H20N4O2S. The summed E-state index contributed by atoms with van der Waals surface area (Å²) in [5, 5.41) is 4.09. The first-order valence-corrected chi connectivity index (χ1v) is 7.06. The van der Waals surface area contributed by atoms with E-state index in [-0.39, 0.29) is 0 Å². The predicted molar refractivity (Wildman–Crippen MR) is 77.9 cm³/mol. The second-order valence-electron chi connectivity index (χ2n) is 4.73. The predicted octanol–water partition coefficient (Wildman–Crippen LogP) is 0.944. The second-order valence-corrected chi connectivity index (χ2v) is 5.75. The van der Waals surface area contributed by atoms with Gasteiger partial charge in [-0.15, -0.1) is 11.3 Å². The Morgan fingerprint density at radius 2 is 2.37 bits per heavy atom. The van der Waals surface area contributed by atoms with E-state index in [9.17, 15) is 4.79 Å². The zero-order chi connectivity index (χ0) is 14.0. The molecule has 1 saturated heterocycles. The molecule has 1 aliphatic heterocycles. The molecule has 5 N–H and O–H groups in total. The number of nitrogen functional groups attached to an aromatic ring is 1. The van der Waals surface area contributed by atoms with Crippen LogP contribution in [-0.4, -0.2) is 44.1 Å². The number of carbonyl (C=O) groups is 1. The molecule has 7 heteroatoms. The number of rotatable bonds is 5. The molecule has 1 aromatic rings. The number of anilines is 2. The number of nitrogens with one attached hydrogen (secondary N) is 1. The highest BCUT2D eigenvalue weighted by molar-refractivity contribution is 7.19. The van der Waals surface area contributed by atoms with Crippen molar-refractivity contribution in [1.82, 2.24) is 4.90 Å². The Labute approximate surface area is 116 Å². The molecule has 0 radical (unpaired) electrons. The molecule has 1 unspecified atom stereocenters. The van der Waals surface area contributed by atoms with Crippen LogP contribution >= 0.6 is 11.3 Å². The number of nitrogens with two attached hydrogens (primary N) is 2. The Kier molecular flexibility index (Phi) is 4.16. The fourth-order valence-electron chi connectivity index (χ4n) is 2.38. The molecule has 1 atom stereocenters. The number of hydrogen-bond donors (Lipinski definition) is 3. The van der Waals surface area contributed by atoms with Crippen molar-refractivity contribution >= 4 is 27.9 Å². The summed E-state index contributed by atoms with van der Waals surface area (Å²) in [6.45, 7) is 1.94. The maximum absolute atomic E-state index is 11.3. The van der Waals surface area contributed by atoms with Crippen LogP contribution in [-0.2, 0) is 0 Å². The maximum atomic E-state index is 11.3. The molecule has 0 aromatic carbocycles. The lowest BCUT2D eigenvalue weighted by atomic mass is 10.2. The maximum Gasteiger partial charge on any atom is 0.261 e. The number of likely N-dealkylation sites (tertiary alicyclic amines) is 1. The lowest BCUT2D eigenvalue weighted by Gasteiger charge is -2.20. The van der Waals surface area contributed by atoms with Crippen LogP contribution in [0.3, 0.4) is 0 Å². The summed E-state index contributed by atoms with van der Waals surface area (Å²) < 4.78 is 5.25. The average Bonchev–Trinajstić information content (AvgIpc) is 2.90. The van der Waals surface area contributed by atoms with Crippen LogP contribution < -0.4 is 21.5 Å². The summed E-state index contributed by atoms with van der Waals surface area (Å²) in [4.78, 5) is 13.9. The van der Waals surface area contributed by atoms with Gasteiger partial charge in [0.1, 0.15) is 15.6 Å². The van der Waals surface area contributed by atoms with E-state index < -0.39 is 5.91 Å². The van der Waals surface area contributed by atoms with Gasteiger partial charge in [0.25, 0.3) is 5.91 Å². The number of ether oxygens (including phenoxy) is 1. The van der Waals surface area contributed by atoms with Crippen molar-refractivity contribution in [3.8, 4) is 5.75 Å². The van der Waals surface area contributed by atoms with Crippen LogP contribution in [0.4, 0.5) is 10.7 Å². The monoisotopic (exact) mass is 284 g/mol. The van der Waals surface area contributed by atoms with Crippen molar-refractivity contribution in [2.75, 3.05) is 38.3 Å². The van der Waals surface area contributed by atoms with Crippen LogP contribution in [0.5, 0.6) is 5.75 Å².